The Morgan fingerprint density at radius 1 is 1.05 bits per heavy atom. The highest BCUT2D eigenvalue weighted by atomic mass is 19.4. The number of imidazole rings is 1. The molecule has 1 unspecified atom stereocenters. The second-order valence-corrected chi connectivity index (χ2v) is 12.1. The topological polar surface area (TPSA) is 96.8 Å². The Kier molecular flexibility index (Phi) is 6.19. The number of hydrogen-bond donors (Lipinski definition) is 2. The lowest BCUT2D eigenvalue weighted by molar-refractivity contribution is -0.137. The molecule has 0 aliphatic carbocycles. The molecule has 214 valence electrons. The highest BCUT2D eigenvalue weighted by molar-refractivity contribution is 5.85. The fraction of sp³-hybridized carbons (Fsp3) is 0.387. The third-order valence-corrected chi connectivity index (χ3v) is 8.86. The van der Waals surface area contributed by atoms with Gasteiger partial charge in [-0.15, -0.1) is 0 Å². The number of aliphatic hydroxyl groups is 1. The molecule has 2 saturated heterocycles. The molecule has 2 aromatic carbocycles. The van der Waals surface area contributed by atoms with Gasteiger partial charge in [-0.25, -0.2) is 9.97 Å². The quantitative estimate of drug-likeness (QED) is 0.329. The fourth-order valence-corrected chi connectivity index (χ4v) is 6.57. The first-order valence-corrected chi connectivity index (χ1v) is 13.7. The van der Waals surface area contributed by atoms with Crippen molar-refractivity contribution in [3.63, 3.8) is 0 Å². The number of halogens is 3. The summed E-state index contributed by atoms with van der Waals surface area (Å²) in [7, 11) is 0. The molecule has 0 bridgehead atoms. The number of aromatic nitrogens is 3. The van der Waals surface area contributed by atoms with Gasteiger partial charge in [0.2, 0.25) is 5.91 Å². The van der Waals surface area contributed by atoms with Crippen LogP contribution in [0.25, 0.3) is 16.8 Å². The Bertz CT molecular complexity index is 1640. The van der Waals surface area contributed by atoms with Crippen LogP contribution in [0.15, 0.2) is 60.9 Å². The lowest BCUT2D eigenvalue weighted by Crippen LogP contribution is -2.44. The number of nitrogens with zero attached hydrogens (tertiary/aromatic N) is 4. The fourth-order valence-electron chi connectivity index (χ4n) is 6.57. The predicted octanol–water partition coefficient (Wildman–Crippen LogP) is 5.76. The summed E-state index contributed by atoms with van der Waals surface area (Å²) in [5.74, 6) is 1.32. The lowest BCUT2D eigenvalue weighted by atomic mass is 9.79. The summed E-state index contributed by atoms with van der Waals surface area (Å²) in [6, 6.07) is 11.9. The van der Waals surface area contributed by atoms with Crippen molar-refractivity contribution in [1.29, 1.82) is 0 Å². The van der Waals surface area contributed by atoms with E-state index in [-0.39, 0.29) is 28.8 Å². The average Bonchev–Trinajstić information content (AvgIpc) is 3.43. The Hall–Kier alpha value is -3.92. The lowest BCUT2D eigenvalue weighted by Gasteiger charge is -2.39. The maximum absolute atomic E-state index is 13.3. The minimum atomic E-state index is -4.51. The summed E-state index contributed by atoms with van der Waals surface area (Å²) in [4.78, 5) is 24.1. The van der Waals surface area contributed by atoms with Crippen LogP contribution in [0.5, 0.6) is 0 Å². The summed E-state index contributed by atoms with van der Waals surface area (Å²) >= 11 is 0. The molecule has 0 spiro atoms. The van der Waals surface area contributed by atoms with Gasteiger partial charge in [-0.3, -0.25) is 9.20 Å². The van der Waals surface area contributed by atoms with Crippen LogP contribution < -0.4 is 5.73 Å². The second kappa shape index (κ2) is 9.30. The number of amides is 1. The largest absolute Gasteiger partial charge is 0.416 e. The van der Waals surface area contributed by atoms with Gasteiger partial charge in [0.05, 0.1) is 5.56 Å². The monoisotopic (exact) mass is 563 g/mol. The van der Waals surface area contributed by atoms with Crippen LogP contribution in [-0.4, -0.2) is 42.9 Å². The van der Waals surface area contributed by atoms with Crippen LogP contribution in [0.4, 0.5) is 19.0 Å². The Balaban J connectivity index is 1.35. The summed E-state index contributed by atoms with van der Waals surface area (Å²) in [6.07, 6.45) is 1.27. The molecule has 10 heteroatoms. The third-order valence-electron chi connectivity index (χ3n) is 8.86. The minimum absolute atomic E-state index is 0.0214. The van der Waals surface area contributed by atoms with Gasteiger partial charge in [-0.1, -0.05) is 50.2 Å². The van der Waals surface area contributed by atoms with Gasteiger partial charge in [0.15, 0.2) is 0 Å². The van der Waals surface area contributed by atoms with Crippen LogP contribution in [0.3, 0.4) is 0 Å². The van der Waals surface area contributed by atoms with Crippen molar-refractivity contribution in [2.75, 3.05) is 12.3 Å². The molecule has 4 aromatic rings. The van der Waals surface area contributed by atoms with Crippen LogP contribution in [0.1, 0.15) is 68.5 Å². The molecule has 2 fully saturated rings. The molecule has 3 atom stereocenters. The van der Waals surface area contributed by atoms with Crippen molar-refractivity contribution < 1.29 is 23.1 Å². The molecule has 4 heterocycles. The predicted molar refractivity (Wildman–Crippen MR) is 149 cm³/mol. The Morgan fingerprint density at radius 3 is 2.46 bits per heavy atom. The number of nitrogen functional groups attached to an aromatic ring is 1. The van der Waals surface area contributed by atoms with E-state index in [9.17, 15) is 23.1 Å². The number of nitrogens with two attached hydrogens (primary N) is 1. The standard InChI is InChI=1S/C31H32F3N5O2/c1-29(2)16-24(40)39-17-19(9-12-23(29)39)28-37-25(26-27(35)36-13-14-38(26)28)18-7-10-20(11-8-18)30(3,41)21-5-4-6-22(15-21)31(32,33)34/h4-8,10-11,13-15,19,23,41H,9,12,16-17H2,1-3H3,(H2,35,36)/t19-,23+,30?/m0/s1. The average molecular weight is 564 g/mol. The molecule has 2 aromatic heterocycles. The number of fused-ring (bicyclic) bond motifs is 2. The number of piperidine rings is 1. The molecule has 1 amide bonds. The van der Waals surface area contributed by atoms with Crippen LogP contribution in [0.2, 0.25) is 0 Å². The zero-order chi connectivity index (χ0) is 29.3. The molecular formula is C31H32F3N5O2. The van der Waals surface area contributed by atoms with E-state index in [0.717, 1.165) is 36.4 Å². The summed E-state index contributed by atoms with van der Waals surface area (Å²) in [5.41, 5.74) is 6.38. The van der Waals surface area contributed by atoms with E-state index in [1.54, 1.807) is 30.5 Å². The zero-order valence-electron chi connectivity index (χ0n) is 23.1. The molecule has 0 saturated carbocycles. The molecule has 7 nitrogen and oxygen atoms in total. The van der Waals surface area contributed by atoms with Crippen LogP contribution >= 0.6 is 0 Å². The molecule has 41 heavy (non-hydrogen) atoms. The maximum Gasteiger partial charge on any atom is 0.416 e. The highest BCUT2D eigenvalue weighted by Crippen LogP contribution is 2.45. The normalized spacial score (nSPS) is 22.1. The molecule has 0 radical (unpaired) electrons. The van der Waals surface area contributed by atoms with Gasteiger partial charge >= 0.3 is 6.18 Å². The number of benzene rings is 2. The van der Waals surface area contributed by atoms with Crippen LogP contribution in [-0.2, 0) is 16.6 Å². The first kappa shape index (κ1) is 27.3. The van der Waals surface area contributed by atoms with Crippen molar-refractivity contribution in [3.05, 3.63) is 83.4 Å². The van der Waals surface area contributed by atoms with E-state index in [2.05, 4.69) is 18.8 Å². The number of hydrogen-bond acceptors (Lipinski definition) is 5. The third kappa shape index (κ3) is 4.54. The maximum atomic E-state index is 13.3. The van der Waals surface area contributed by atoms with Crippen LogP contribution in [0, 0.1) is 5.41 Å². The van der Waals surface area contributed by atoms with Gasteiger partial charge in [0, 0.05) is 42.9 Å². The Labute approximate surface area is 235 Å². The number of anilines is 1. The van der Waals surface area contributed by atoms with Gasteiger partial charge < -0.3 is 15.7 Å². The summed E-state index contributed by atoms with van der Waals surface area (Å²) in [6.45, 7) is 6.37. The highest BCUT2D eigenvalue weighted by Gasteiger charge is 2.48. The van der Waals surface area contributed by atoms with E-state index in [1.165, 1.54) is 19.1 Å². The van der Waals surface area contributed by atoms with E-state index in [1.807, 2.05) is 15.5 Å². The minimum Gasteiger partial charge on any atom is -0.382 e. The van der Waals surface area contributed by atoms with Gasteiger partial charge in [0.1, 0.15) is 28.5 Å². The smallest absolute Gasteiger partial charge is 0.382 e. The SMILES string of the molecule is CC(O)(c1ccc(-c2nc([C@H]3CC[C@H]4N(C3)C(=O)CC4(C)C)n3ccnc(N)c23)cc1)c1cccc(C(F)(F)F)c1. The number of alkyl halides is 3. The first-order valence-electron chi connectivity index (χ1n) is 13.7. The molecule has 2 aliphatic rings. The Morgan fingerprint density at radius 2 is 1.76 bits per heavy atom. The van der Waals surface area contributed by atoms with Crippen molar-refractivity contribution in [2.24, 2.45) is 5.41 Å². The number of carbonyl (C=O) groups is 1. The first-order chi connectivity index (χ1) is 19.3. The number of rotatable bonds is 4. The zero-order valence-corrected chi connectivity index (χ0v) is 23.1. The van der Waals surface area contributed by atoms with E-state index in [0.29, 0.717) is 35.6 Å². The van der Waals surface area contributed by atoms with Crippen molar-refractivity contribution in [3.8, 4) is 11.3 Å². The molecule has 6 rings (SSSR count). The van der Waals surface area contributed by atoms with Crippen molar-refractivity contribution in [1.82, 2.24) is 19.3 Å². The molecular weight excluding hydrogens is 531 g/mol. The van der Waals surface area contributed by atoms with Crippen molar-refractivity contribution >= 4 is 17.2 Å². The second-order valence-electron chi connectivity index (χ2n) is 12.1. The van der Waals surface area contributed by atoms with E-state index >= 15 is 0 Å². The molecule has 3 N–H and O–H groups in total. The van der Waals surface area contributed by atoms with Gasteiger partial charge in [0.25, 0.3) is 0 Å². The van der Waals surface area contributed by atoms with E-state index in [4.69, 9.17) is 10.7 Å². The summed E-state index contributed by atoms with van der Waals surface area (Å²) < 4.78 is 41.8. The van der Waals surface area contributed by atoms with Gasteiger partial charge in [-0.2, -0.15) is 13.2 Å². The molecule has 2 aliphatic heterocycles. The van der Waals surface area contributed by atoms with Gasteiger partial charge in [-0.05, 0) is 48.4 Å². The van der Waals surface area contributed by atoms with E-state index < -0.39 is 17.3 Å². The number of carbonyl (C=O) groups excluding carboxylic acids is 1. The van der Waals surface area contributed by atoms with Crippen molar-refractivity contribution in [2.45, 2.75) is 63.8 Å². The summed E-state index contributed by atoms with van der Waals surface area (Å²) in [5, 5.41) is 11.3.